The van der Waals surface area contributed by atoms with Crippen molar-refractivity contribution in [2.45, 2.75) is 71.4 Å². The van der Waals surface area contributed by atoms with Crippen LogP contribution in [0.25, 0.3) is 0 Å². The van der Waals surface area contributed by atoms with Crippen molar-refractivity contribution in [2.24, 2.45) is 11.3 Å². The average molecular weight is 221 g/mol. The van der Waals surface area contributed by atoms with Gasteiger partial charge in [-0.1, -0.05) is 45.8 Å². The minimum Gasteiger partial charge on any atom is -0.310 e. The van der Waals surface area contributed by atoms with Crippen molar-refractivity contribution in [2.75, 3.05) is 0 Å². The Bertz CT molecular complexity index is 241. The zero-order valence-electron chi connectivity index (χ0n) is 11.1. The summed E-state index contributed by atoms with van der Waals surface area (Å²) in [6, 6.07) is 1.49. The summed E-state index contributed by atoms with van der Waals surface area (Å²) in [5.74, 6) is 0.863. The molecule has 0 aromatic carbocycles. The third kappa shape index (κ3) is 2.88. The van der Waals surface area contributed by atoms with Crippen LogP contribution in [0.15, 0.2) is 12.2 Å². The fourth-order valence-electron chi connectivity index (χ4n) is 3.42. The molecule has 0 aromatic rings. The third-order valence-corrected chi connectivity index (χ3v) is 4.34. The van der Waals surface area contributed by atoms with E-state index in [0.717, 1.165) is 18.0 Å². The highest BCUT2D eigenvalue weighted by Crippen LogP contribution is 2.38. The summed E-state index contributed by atoms with van der Waals surface area (Å²) in [6.45, 7) is 7.22. The van der Waals surface area contributed by atoms with Gasteiger partial charge in [-0.2, -0.15) is 0 Å². The van der Waals surface area contributed by atoms with E-state index in [1.807, 2.05) is 0 Å². The number of nitrogens with one attached hydrogen (secondary N) is 1. The smallest absolute Gasteiger partial charge is 0.0139 e. The molecule has 0 heterocycles. The first-order valence-electron chi connectivity index (χ1n) is 6.98. The molecule has 2 unspecified atom stereocenters. The Morgan fingerprint density at radius 2 is 1.62 bits per heavy atom. The monoisotopic (exact) mass is 221 g/mol. The second-order valence-corrected chi connectivity index (χ2v) is 6.67. The van der Waals surface area contributed by atoms with Crippen molar-refractivity contribution in [1.29, 1.82) is 0 Å². The van der Waals surface area contributed by atoms with E-state index in [9.17, 15) is 0 Å². The van der Waals surface area contributed by atoms with Gasteiger partial charge in [0.15, 0.2) is 0 Å². The lowest BCUT2D eigenvalue weighted by Gasteiger charge is -2.42. The van der Waals surface area contributed by atoms with E-state index in [1.54, 1.807) is 0 Å². The van der Waals surface area contributed by atoms with E-state index >= 15 is 0 Å². The zero-order valence-corrected chi connectivity index (χ0v) is 11.1. The molecule has 1 heteroatoms. The third-order valence-electron chi connectivity index (χ3n) is 4.34. The molecule has 1 N–H and O–H groups in total. The maximum Gasteiger partial charge on any atom is 0.0139 e. The Kier molecular flexibility index (Phi) is 3.73. The van der Waals surface area contributed by atoms with Crippen LogP contribution in [0.1, 0.15) is 59.3 Å². The molecule has 1 fully saturated rings. The van der Waals surface area contributed by atoms with Crippen LogP contribution in [0.4, 0.5) is 0 Å². The van der Waals surface area contributed by atoms with Crippen molar-refractivity contribution in [3.8, 4) is 0 Å². The standard InChI is InChI=1S/C15H27N/c1-15(2,3)13-10-6-7-11-14(13)16-12-8-4-5-9-12/h4-5,12-14,16H,6-11H2,1-3H3. The summed E-state index contributed by atoms with van der Waals surface area (Å²) in [5.41, 5.74) is 0.462. The highest BCUT2D eigenvalue weighted by Gasteiger charge is 2.34. The van der Waals surface area contributed by atoms with Crippen molar-refractivity contribution in [3.63, 3.8) is 0 Å². The molecular weight excluding hydrogens is 194 g/mol. The first-order chi connectivity index (χ1) is 7.57. The van der Waals surface area contributed by atoms with E-state index in [-0.39, 0.29) is 0 Å². The summed E-state index contributed by atoms with van der Waals surface area (Å²) in [6.07, 6.45) is 12.8. The van der Waals surface area contributed by atoms with Crippen LogP contribution in [0.5, 0.6) is 0 Å². The molecule has 0 aliphatic heterocycles. The van der Waals surface area contributed by atoms with Crippen LogP contribution in [0.3, 0.4) is 0 Å². The molecule has 0 bridgehead atoms. The second-order valence-electron chi connectivity index (χ2n) is 6.67. The van der Waals surface area contributed by atoms with Gasteiger partial charge in [-0.3, -0.25) is 0 Å². The summed E-state index contributed by atoms with van der Waals surface area (Å²) in [4.78, 5) is 0. The van der Waals surface area contributed by atoms with Crippen molar-refractivity contribution >= 4 is 0 Å². The van der Waals surface area contributed by atoms with E-state index in [4.69, 9.17) is 0 Å². The number of hydrogen-bond acceptors (Lipinski definition) is 1. The SMILES string of the molecule is CC(C)(C)C1CCCCC1NC1CC=CC1. The van der Waals surface area contributed by atoms with Crippen molar-refractivity contribution in [3.05, 3.63) is 12.2 Å². The normalized spacial score (nSPS) is 32.2. The van der Waals surface area contributed by atoms with Crippen molar-refractivity contribution < 1.29 is 0 Å². The summed E-state index contributed by atoms with van der Waals surface area (Å²) < 4.78 is 0. The van der Waals surface area contributed by atoms with Crippen LogP contribution in [-0.4, -0.2) is 12.1 Å². The van der Waals surface area contributed by atoms with E-state index in [1.165, 1.54) is 38.5 Å². The van der Waals surface area contributed by atoms with Gasteiger partial charge in [-0.05, 0) is 37.0 Å². The minimum atomic E-state index is 0.462. The van der Waals surface area contributed by atoms with Crippen molar-refractivity contribution in [1.82, 2.24) is 5.32 Å². The zero-order chi connectivity index (χ0) is 11.6. The van der Waals surface area contributed by atoms with Gasteiger partial charge in [-0.25, -0.2) is 0 Å². The molecule has 2 aliphatic rings. The van der Waals surface area contributed by atoms with Crippen LogP contribution in [-0.2, 0) is 0 Å². The lowest BCUT2D eigenvalue weighted by molar-refractivity contribution is 0.124. The summed E-state index contributed by atoms with van der Waals surface area (Å²) >= 11 is 0. The van der Waals surface area contributed by atoms with Gasteiger partial charge < -0.3 is 5.32 Å². The highest BCUT2D eigenvalue weighted by molar-refractivity contribution is 5.00. The molecule has 0 saturated heterocycles. The number of hydrogen-bond donors (Lipinski definition) is 1. The first kappa shape index (κ1) is 12.2. The predicted octanol–water partition coefficient (Wildman–Crippen LogP) is 3.90. The van der Waals surface area contributed by atoms with Crippen LogP contribution in [0.2, 0.25) is 0 Å². The molecule has 0 radical (unpaired) electrons. The van der Waals surface area contributed by atoms with Gasteiger partial charge in [0.1, 0.15) is 0 Å². The molecule has 1 nitrogen and oxygen atoms in total. The maximum absolute atomic E-state index is 3.91. The van der Waals surface area contributed by atoms with Gasteiger partial charge in [-0.15, -0.1) is 0 Å². The quantitative estimate of drug-likeness (QED) is 0.697. The van der Waals surface area contributed by atoms with Gasteiger partial charge in [0.05, 0.1) is 0 Å². The molecule has 16 heavy (non-hydrogen) atoms. The van der Waals surface area contributed by atoms with Crippen LogP contribution >= 0.6 is 0 Å². The number of rotatable bonds is 2. The Morgan fingerprint density at radius 3 is 2.25 bits per heavy atom. The highest BCUT2D eigenvalue weighted by atomic mass is 15.0. The lowest BCUT2D eigenvalue weighted by Crippen LogP contribution is -2.47. The van der Waals surface area contributed by atoms with Crippen LogP contribution < -0.4 is 5.32 Å². The van der Waals surface area contributed by atoms with Gasteiger partial charge in [0.25, 0.3) is 0 Å². The molecule has 2 aliphatic carbocycles. The van der Waals surface area contributed by atoms with E-state index < -0.39 is 0 Å². The maximum atomic E-state index is 3.91. The largest absolute Gasteiger partial charge is 0.310 e. The van der Waals surface area contributed by atoms with Gasteiger partial charge in [0.2, 0.25) is 0 Å². The lowest BCUT2D eigenvalue weighted by atomic mass is 9.69. The van der Waals surface area contributed by atoms with Gasteiger partial charge in [0, 0.05) is 12.1 Å². The Labute approximate surface area is 101 Å². The molecule has 1 saturated carbocycles. The fourth-order valence-corrected chi connectivity index (χ4v) is 3.42. The second kappa shape index (κ2) is 4.91. The van der Waals surface area contributed by atoms with Gasteiger partial charge >= 0.3 is 0 Å². The van der Waals surface area contributed by atoms with Crippen LogP contribution in [0, 0.1) is 11.3 Å². The Hall–Kier alpha value is -0.300. The van der Waals surface area contributed by atoms with E-state index in [0.29, 0.717) is 5.41 Å². The molecule has 0 amide bonds. The molecule has 0 aromatic heterocycles. The first-order valence-corrected chi connectivity index (χ1v) is 6.98. The minimum absolute atomic E-state index is 0.462. The topological polar surface area (TPSA) is 12.0 Å². The summed E-state index contributed by atoms with van der Waals surface area (Å²) in [5, 5.41) is 3.91. The molecule has 92 valence electrons. The molecule has 2 atom stereocenters. The fraction of sp³-hybridized carbons (Fsp3) is 0.867. The van der Waals surface area contributed by atoms with E-state index in [2.05, 4.69) is 38.2 Å². The molecular formula is C15H27N. The molecule has 2 rings (SSSR count). The Morgan fingerprint density at radius 1 is 1.00 bits per heavy atom. The predicted molar refractivity (Wildman–Crippen MR) is 70.5 cm³/mol. The summed E-state index contributed by atoms with van der Waals surface area (Å²) in [7, 11) is 0. The molecule has 0 spiro atoms. The average Bonchev–Trinajstić information content (AvgIpc) is 2.70. The Balaban J connectivity index is 1.93.